The van der Waals surface area contributed by atoms with Crippen LogP contribution in [0.1, 0.15) is 16.1 Å². The van der Waals surface area contributed by atoms with Crippen LogP contribution >= 0.6 is 0 Å². The van der Waals surface area contributed by atoms with Crippen LogP contribution in [0.5, 0.6) is 0 Å². The van der Waals surface area contributed by atoms with Crippen molar-refractivity contribution in [2.75, 3.05) is 39.3 Å². The van der Waals surface area contributed by atoms with Gasteiger partial charge in [0.2, 0.25) is 5.78 Å². The van der Waals surface area contributed by atoms with Crippen molar-refractivity contribution in [1.29, 1.82) is 0 Å². The Labute approximate surface area is 185 Å². The summed E-state index contributed by atoms with van der Waals surface area (Å²) in [6.07, 6.45) is 5.33. The van der Waals surface area contributed by atoms with Crippen molar-refractivity contribution in [2.45, 2.75) is 11.5 Å². The quantitative estimate of drug-likeness (QED) is 0.586. The summed E-state index contributed by atoms with van der Waals surface area (Å²) >= 11 is 0. The highest BCUT2D eigenvalue weighted by Crippen LogP contribution is 2.43. The lowest BCUT2D eigenvalue weighted by Crippen LogP contribution is -2.70. The molecule has 0 radical (unpaired) electrons. The smallest absolute Gasteiger partial charge is 0.290 e. The van der Waals surface area contributed by atoms with Gasteiger partial charge in [-0.25, -0.2) is 9.97 Å². The molecule has 1 aromatic carbocycles. The Morgan fingerprint density at radius 2 is 1.81 bits per heavy atom. The third-order valence-electron chi connectivity index (χ3n) is 6.90. The van der Waals surface area contributed by atoms with Crippen LogP contribution in [-0.2, 0) is 10.2 Å². The Morgan fingerprint density at radius 3 is 2.47 bits per heavy atom. The van der Waals surface area contributed by atoms with Gasteiger partial charge in [-0.1, -0.05) is 30.3 Å². The molecule has 3 aromatic rings. The highest BCUT2D eigenvalue weighted by molar-refractivity contribution is 5.93. The molecular formula is C23H26N6O3. The molecule has 4 saturated heterocycles. The molecule has 2 aromatic heterocycles. The number of aromatic nitrogens is 3. The zero-order valence-corrected chi connectivity index (χ0v) is 17.7. The molecule has 4 bridgehead atoms. The van der Waals surface area contributed by atoms with E-state index in [1.54, 1.807) is 16.8 Å². The number of hydrogen-bond donors (Lipinski definition) is 2. The molecule has 6 heterocycles. The lowest BCUT2D eigenvalue weighted by molar-refractivity contribution is -0.122. The van der Waals surface area contributed by atoms with Gasteiger partial charge in [-0.05, 0) is 11.6 Å². The lowest BCUT2D eigenvalue weighted by Gasteiger charge is -2.55. The summed E-state index contributed by atoms with van der Waals surface area (Å²) < 4.78 is 1.79. The second-order valence-electron chi connectivity index (χ2n) is 8.76. The van der Waals surface area contributed by atoms with E-state index in [-0.39, 0.29) is 23.8 Å². The molecule has 9 nitrogen and oxygen atoms in total. The van der Waals surface area contributed by atoms with Crippen molar-refractivity contribution in [3.63, 3.8) is 0 Å². The van der Waals surface area contributed by atoms with Gasteiger partial charge in [-0.2, -0.15) is 0 Å². The van der Waals surface area contributed by atoms with Crippen molar-refractivity contribution < 1.29 is 14.7 Å². The second-order valence-corrected chi connectivity index (χ2v) is 8.76. The number of rotatable bonds is 3. The Morgan fingerprint density at radius 1 is 1.12 bits per heavy atom. The first kappa shape index (κ1) is 20.6. The van der Waals surface area contributed by atoms with Gasteiger partial charge in [0.05, 0.1) is 0 Å². The third-order valence-corrected chi connectivity index (χ3v) is 6.90. The van der Waals surface area contributed by atoms with Crippen molar-refractivity contribution in [3.05, 3.63) is 66.2 Å². The number of carboxylic acid groups (broad SMARTS) is 1. The highest BCUT2D eigenvalue weighted by Gasteiger charge is 2.55. The van der Waals surface area contributed by atoms with Gasteiger partial charge in [0.25, 0.3) is 12.4 Å². The van der Waals surface area contributed by atoms with Gasteiger partial charge in [0.1, 0.15) is 5.69 Å². The average Bonchev–Trinajstić information content (AvgIpc) is 3.09. The van der Waals surface area contributed by atoms with Crippen molar-refractivity contribution in [1.82, 2.24) is 29.5 Å². The largest absolute Gasteiger partial charge is 0.483 e. The molecule has 9 heteroatoms. The van der Waals surface area contributed by atoms with Crippen LogP contribution < -0.4 is 5.32 Å². The number of benzene rings is 1. The molecule has 166 valence electrons. The van der Waals surface area contributed by atoms with Crippen LogP contribution in [0, 0.1) is 5.92 Å². The van der Waals surface area contributed by atoms with E-state index in [9.17, 15) is 4.79 Å². The summed E-state index contributed by atoms with van der Waals surface area (Å²) in [6.45, 7) is 6.04. The summed E-state index contributed by atoms with van der Waals surface area (Å²) in [5, 5.41) is 10.3. The van der Waals surface area contributed by atoms with Crippen LogP contribution in [0.2, 0.25) is 0 Å². The first-order chi connectivity index (χ1) is 15.6. The molecule has 2 N–H and O–H groups in total. The summed E-state index contributed by atoms with van der Waals surface area (Å²) in [4.78, 5) is 35.4. The van der Waals surface area contributed by atoms with Crippen LogP contribution in [0.3, 0.4) is 0 Å². The van der Waals surface area contributed by atoms with Gasteiger partial charge in [-0.15, -0.1) is 0 Å². The maximum absolute atomic E-state index is 13.2. The number of nitrogens with zero attached hydrogens (tertiary/aromatic N) is 5. The number of imidazole rings is 1. The van der Waals surface area contributed by atoms with E-state index in [0.29, 0.717) is 17.4 Å². The Balaban J connectivity index is 0.000000684. The first-order valence-electron chi connectivity index (χ1n) is 10.8. The summed E-state index contributed by atoms with van der Waals surface area (Å²) in [5.74, 6) is 0.862. The Hall–Kier alpha value is -3.30. The minimum atomic E-state index is -0.250. The molecule has 1 amide bonds. The number of carbonyl (C=O) groups is 2. The van der Waals surface area contributed by atoms with Gasteiger partial charge in [-0.3, -0.25) is 14.0 Å². The minimum absolute atomic E-state index is 0.0913. The van der Waals surface area contributed by atoms with E-state index >= 15 is 0 Å². The fourth-order valence-electron chi connectivity index (χ4n) is 5.72. The first-order valence-corrected chi connectivity index (χ1v) is 10.8. The second kappa shape index (κ2) is 8.33. The predicted octanol–water partition coefficient (Wildman–Crippen LogP) is 0.728. The zero-order valence-electron chi connectivity index (χ0n) is 17.7. The maximum Gasteiger partial charge on any atom is 0.290 e. The number of nitrogens with one attached hydrogen (secondary N) is 1. The van der Waals surface area contributed by atoms with E-state index in [2.05, 4.69) is 55.4 Å². The standard InChI is InChI=1S/C22H24N6O.CH2O2/c29-20(18-13-28-8-4-7-23-21(28)24-18)25-19-16-11-26-9-10-27(12-16)15-22(19,14-26)17-5-2-1-3-6-17;2-1-3/h1-8,13,16,19H,9-12,14-15H2,(H,25,29);1H,(H,2,3). The summed E-state index contributed by atoms with van der Waals surface area (Å²) in [7, 11) is 0. The zero-order chi connectivity index (χ0) is 22.1. The predicted molar refractivity (Wildman–Crippen MR) is 117 cm³/mol. The van der Waals surface area contributed by atoms with E-state index in [1.807, 2.05) is 12.3 Å². The molecule has 4 aliphatic heterocycles. The molecule has 0 aliphatic carbocycles. The number of carbonyl (C=O) groups excluding carboxylic acids is 1. The normalized spacial score (nSPS) is 30.2. The van der Waals surface area contributed by atoms with Crippen molar-refractivity contribution in [2.24, 2.45) is 5.92 Å². The average molecular weight is 435 g/mol. The van der Waals surface area contributed by atoms with E-state index in [1.165, 1.54) is 5.56 Å². The molecule has 4 fully saturated rings. The summed E-state index contributed by atoms with van der Waals surface area (Å²) in [5.41, 5.74) is 1.66. The fraction of sp³-hybridized carbons (Fsp3) is 0.391. The van der Waals surface area contributed by atoms with Gasteiger partial charge >= 0.3 is 0 Å². The minimum Gasteiger partial charge on any atom is -0.483 e. The molecule has 32 heavy (non-hydrogen) atoms. The fourth-order valence-corrected chi connectivity index (χ4v) is 5.72. The van der Waals surface area contributed by atoms with Crippen LogP contribution in [0.15, 0.2) is 55.0 Å². The SMILES string of the molecule is O=C(NC1C2CN3CCN(C2)CC1(c1ccccc1)C3)c1cn2cccnc2n1.O=CO. The number of fused-ring (bicyclic) bond motifs is 2. The molecule has 0 saturated carbocycles. The van der Waals surface area contributed by atoms with E-state index < -0.39 is 0 Å². The van der Waals surface area contributed by atoms with Crippen molar-refractivity contribution in [3.8, 4) is 0 Å². The Bertz CT molecular complexity index is 1070. The molecule has 3 unspecified atom stereocenters. The van der Waals surface area contributed by atoms with Crippen LogP contribution in [0.25, 0.3) is 5.78 Å². The number of hydrogen-bond acceptors (Lipinski definition) is 6. The molecule has 7 rings (SSSR count). The molecule has 0 spiro atoms. The molecule has 3 atom stereocenters. The third kappa shape index (κ3) is 3.53. The number of amides is 1. The van der Waals surface area contributed by atoms with E-state index in [4.69, 9.17) is 9.90 Å². The Kier molecular flexibility index (Phi) is 5.36. The molecular weight excluding hydrogens is 408 g/mol. The van der Waals surface area contributed by atoms with Gasteiger partial charge in [0, 0.05) is 75.2 Å². The number of piperidine rings is 2. The van der Waals surface area contributed by atoms with E-state index in [0.717, 1.165) is 39.3 Å². The monoisotopic (exact) mass is 434 g/mol. The topological polar surface area (TPSA) is 103 Å². The van der Waals surface area contributed by atoms with Crippen molar-refractivity contribution >= 4 is 18.2 Å². The van der Waals surface area contributed by atoms with Crippen LogP contribution in [-0.4, -0.2) is 87.0 Å². The van der Waals surface area contributed by atoms with Crippen LogP contribution in [0.4, 0.5) is 0 Å². The maximum atomic E-state index is 13.2. The van der Waals surface area contributed by atoms with Gasteiger partial charge in [0.15, 0.2) is 0 Å². The van der Waals surface area contributed by atoms with Gasteiger partial charge < -0.3 is 20.2 Å². The molecule has 4 aliphatic rings. The highest BCUT2D eigenvalue weighted by atomic mass is 16.3. The lowest BCUT2D eigenvalue weighted by atomic mass is 9.64. The summed E-state index contributed by atoms with van der Waals surface area (Å²) in [6, 6.07) is 12.7.